The van der Waals surface area contributed by atoms with Gasteiger partial charge in [-0.2, -0.15) is 0 Å². The molecule has 0 spiro atoms. The van der Waals surface area contributed by atoms with Gasteiger partial charge in [0, 0.05) is 10.7 Å². The zero-order valence-corrected chi connectivity index (χ0v) is 13.2. The van der Waals surface area contributed by atoms with Crippen LogP contribution in [0.5, 0.6) is 5.75 Å². The molecular formula is C15H16BrFN2O. The lowest BCUT2D eigenvalue weighted by Gasteiger charge is -2.20. The van der Waals surface area contributed by atoms with Gasteiger partial charge < -0.3 is 10.1 Å². The number of aryl methyl sites for hydroxylation is 1. The van der Waals surface area contributed by atoms with Crippen LogP contribution in [-0.2, 0) is 0 Å². The van der Waals surface area contributed by atoms with Crippen molar-refractivity contribution in [3.8, 4) is 5.75 Å². The Labute approximate surface area is 126 Å². The van der Waals surface area contributed by atoms with Gasteiger partial charge in [-0.25, -0.2) is 4.39 Å². The molecule has 5 heteroatoms. The van der Waals surface area contributed by atoms with E-state index in [0.717, 1.165) is 27.0 Å². The van der Waals surface area contributed by atoms with Crippen LogP contribution in [0.3, 0.4) is 0 Å². The second-order valence-electron chi connectivity index (χ2n) is 4.60. The molecule has 106 valence electrons. The predicted molar refractivity (Wildman–Crippen MR) is 81.7 cm³/mol. The van der Waals surface area contributed by atoms with Gasteiger partial charge in [0.2, 0.25) is 0 Å². The average Bonchev–Trinajstić information content (AvgIpc) is 2.41. The third-order valence-corrected chi connectivity index (χ3v) is 3.53. The van der Waals surface area contributed by atoms with E-state index in [1.54, 1.807) is 13.3 Å². The summed E-state index contributed by atoms with van der Waals surface area (Å²) in [5.41, 5.74) is 2.73. The lowest BCUT2D eigenvalue weighted by molar-refractivity contribution is 0.415. The van der Waals surface area contributed by atoms with Crippen molar-refractivity contribution in [1.82, 2.24) is 4.98 Å². The first-order valence-electron chi connectivity index (χ1n) is 6.22. The molecular weight excluding hydrogens is 323 g/mol. The second-order valence-corrected chi connectivity index (χ2v) is 5.52. The molecule has 0 amide bonds. The zero-order valence-electron chi connectivity index (χ0n) is 11.6. The molecule has 1 N–H and O–H groups in total. The highest BCUT2D eigenvalue weighted by atomic mass is 79.9. The Hall–Kier alpha value is -1.62. The summed E-state index contributed by atoms with van der Waals surface area (Å²) in [4.78, 5) is 3.87. The van der Waals surface area contributed by atoms with Crippen LogP contribution in [-0.4, -0.2) is 12.1 Å². The molecule has 0 aliphatic carbocycles. The first kappa shape index (κ1) is 14.8. The van der Waals surface area contributed by atoms with Crippen LogP contribution >= 0.6 is 15.9 Å². The number of ether oxygens (including phenoxy) is 1. The number of hydrogen-bond acceptors (Lipinski definition) is 3. The molecule has 1 atom stereocenters. The molecule has 2 aromatic rings. The summed E-state index contributed by atoms with van der Waals surface area (Å²) in [7, 11) is 1.63. The van der Waals surface area contributed by atoms with E-state index < -0.39 is 0 Å². The molecule has 0 saturated carbocycles. The third kappa shape index (κ3) is 3.28. The van der Waals surface area contributed by atoms with E-state index >= 15 is 0 Å². The number of nitrogens with zero attached hydrogens (tertiary/aromatic N) is 1. The molecule has 1 aromatic carbocycles. The largest absolute Gasteiger partial charge is 0.495 e. The van der Waals surface area contributed by atoms with Gasteiger partial charge in [-0.05, 0) is 43.2 Å². The Morgan fingerprint density at radius 3 is 2.70 bits per heavy atom. The Morgan fingerprint density at radius 1 is 1.30 bits per heavy atom. The summed E-state index contributed by atoms with van der Waals surface area (Å²) >= 11 is 3.44. The number of nitrogens with one attached hydrogen (secondary N) is 1. The minimum absolute atomic E-state index is 0.0769. The molecule has 2 rings (SSSR count). The number of rotatable bonds is 4. The van der Waals surface area contributed by atoms with E-state index in [2.05, 4.69) is 26.2 Å². The van der Waals surface area contributed by atoms with Crippen molar-refractivity contribution in [2.24, 2.45) is 0 Å². The fraction of sp³-hybridized carbons (Fsp3) is 0.267. The van der Waals surface area contributed by atoms with Crippen LogP contribution in [0.25, 0.3) is 0 Å². The van der Waals surface area contributed by atoms with Gasteiger partial charge in [0.25, 0.3) is 0 Å². The number of halogens is 2. The van der Waals surface area contributed by atoms with E-state index in [9.17, 15) is 4.39 Å². The SMILES string of the molecule is COc1cc(Br)cc(C)c1NC(C)c1cncc(F)c1. The van der Waals surface area contributed by atoms with Gasteiger partial charge in [-0.1, -0.05) is 15.9 Å². The summed E-state index contributed by atoms with van der Waals surface area (Å²) in [6.07, 6.45) is 2.85. The van der Waals surface area contributed by atoms with Gasteiger partial charge >= 0.3 is 0 Å². The van der Waals surface area contributed by atoms with Crippen molar-refractivity contribution in [2.45, 2.75) is 19.9 Å². The van der Waals surface area contributed by atoms with Crippen LogP contribution in [0, 0.1) is 12.7 Å². The Bertz CT molecular complexity index is 619. The summed E-state index contributed by atoms with van der Waals surface area (Å²) in [6.45, 7) is 3.95. The number of methoxy groups -OCH3 is 1. The highest BCUT2D eigenvalue weighted by molar-refractivity contribution is 9.10. The first-order valence-corrected chi connectivity index (χ1v) is 7.01. The number of benzene rings is 1. The van der Waals surface area contributed by atoms with E-state index in [1.165, 1.54) is 12.3 Å². The van der Waals surface area contributed by atoms with Crippen LogP contribution in [0.4, 0.5) is 10.1 Å². The maximum Gasteiger partial charge on any atom is 0.143 e. The Balaban J connectivity index is 2.30. The molecule has 0 aliphatic heterocycles. The maximum atomic E-state index is 13.2. The van der Waals surface area contributed by atoms with Crippen molar-refractivity contribution in [2.75, 3.05) is 12.4 Å². The van der Waals surface area contributed by atoms with Crippen LogP contribution in [0.15, 0.2) is 35.1 Å². The van der Waals surface area contributed by atoms with Crippen molar-refractivity contribution in [3.63, 3.8) is 0 Å². The first-order chi connectivity index (χ1) is 9.51. The van der Waals surface area contributed by atoms with E-state index in [-0.39, 0.29) is 11.9 Å². The minimum atomic E-state index is -0.337. The molecule has 0 fully saturated rings. The predicted octanol–water partition coefficient (Wildman–Crippen LogP) is 4.47. The average molecular weight is 339 g/mol. The number of anilines is 1. The maximum absolute atomic E-state index is 13.2. The zero-order chi connectivity index (χ0) is 14.7. The van der Waals surface area contributed by atoms with Crippen LogP contribution in [0.2, 0.25) is 0 Å². The molecule has 0 aliphatic rings. The topological polar surface area (TPSA) is 34.1 Å². The van der Waals surface area contributed by atoms with Gasteiger partial charge in [0.1, 0.15) is 11.6 Å². The second kappa shape index (κ2) is 6.22. The Morgan fingerprint density at radius 2 is 2.05 bits per heavy atom. The normalized spacial score (nSPS) is 12.1. The fourth-order valence-electron chi connectivity index (χ4n) is 2.02. The summed E-state index contributed by atoms with van der Waals surface area (Å²) in [5, 5.41) is 3.35. The molecule has 1 heterocycles. The van der Waals surface area contributed by atoms with Crippen molar-refractivity contribution in [1.29, 1.82) is 0 Å². The van der Waals surface area contributed by atoms with E-state index in [4.69, 9.17) is 4.74 Å². The summed E-state index contributed by atoms with van der Waals surface area (Å²) in [5.74, 6) is 0.406. The summed E-state index contributed by atoms with van der Waals surface area (Å²) < 4.78 is 19.6. The van der Waals surface area contributed by atoms with Crippen molar-refractivity contribution in [3.05, 3.63) is 52.0 Å². The monoisotopic (exact) mass is 338 g/mol. The molecule has 0 radical (unpaired) electrons. The van der Waals surface area contributed by atoms with Crippen molar-refractivity contribution >= 4 is 21.6 Å². The molecule has 1 unspecified atom stereocenters. The number of aromatic nitrogens is 1. The molecule has 3 nitrogen and oxygen atoms in total. The van der Waals surface area contributed by atoms with Gasteiger partial charge in [-0.15, -0.1) is 0 Å². The molecule has 20 heavy (non-hydrogen) atoms. The standard InChI is InChI=1S/C15H16BrFN2O/c1-9-4-12(16)6-14(20-3)15(9)19-10(2)11-5-13(17)8-18-7-11/h4-8,10,19H,1-3H3. The number of pyridine rings is 1. The van der Waals surface area contributed by atoms with Gasteiger partial charge in [-0.3, -0.25) is 4.98 Å². The quantitative estimate of drug-likeness (QED) is 0.892. The molecule has 1 aromatic heterocycles. The summed E-state index contributed by atoms with van der Waals surface area (Å²) in [6, 6.07) is 5.30. The Kier molecular flexibility index (Phi) is 4.60. The fourth-order valence-corrected chi connectivity index (χ4v) is 2.57. The molecule has 0 saturated heterocycles. The smallest absolute Gasteiger partial charge is 0.143 e. The third-order valence-electron chi connectivity index (χ3n) is 3.07. The number of hydrogen-bond donors (Lipinski definition) is 1. The van der Waals surface area contributed by atoms with E-state index in [0.29, 0.717) is 0 Å². The van der Waals surface area contributed by atoms with Gasteiger partial charge in [0.05, 0.1) is 25.0 Å². The highest BCUT2D eigenvalue weighted by Gasteiger charge is 2.13. The highest BCUT2D eigenvalue weighted by Crippen LogP contribution is 2.34. The van der Waals surface area contributed by atoms with Crippen molar-refractivity contribution < 1.29 is 9.13 Å². The van der Waals surface area contributed by atoms with Gasteiger partial charge in [0.15, 0.2) is 0 Å². The minimum Gasteiger partial charge on any atom is -0.495 e. The lowest BCUT2D eigenvalue weighted by Crippen LogP contribution is -2.09. The van der Waals surface area contributed by atoms with Crippen LogP contribution in [0.1, 0.15) is 24.1 Å². The van der Waals surface area contributed by atoms with Crippen LogP contribution < -0.4 is 10.1 Å². The van der Waals surface area contributed by atoms with E-state index in [1.807, 2.05) is 26.0 Å². The molecule has 0 bridgehead atoms. The lowest BCUT2D eigenvalue weighted by atomic mass is 10.1.